The molecule has 0 saturated heterocycles. The van der Waals surface area contributed by atoms with E-state index in [2.05, 4.69) is 30.2 Å². The normalized spacial score (nSPS) is 10.5. The van der Waals surface area contributed by atoms with Crippen LogP contribution in [0.2, 0.25) is 0 Å². The van der Waals surface area contributed by atoms with Crippen molar-refractivity contribution in [1.82, 2.24) is 9.78 Å². The van der Waals surface area contributed by atoms with Crippen LogP contribution in [-0.2, 0) is 13.2 Å². The summed E-state index contributed by atoms with van der Waals surface area (Å²) in [5, 5.41) is 14.5. The summed E-state index contributed by atoms with van der Waals surface area (Å²) in [4.78, 5) is 0. The van der Waals surface area contributed by atoms with Gasteiger partial charge in [-0.15, -0.1) is 0 Å². The van der Waals surface area contributed by atoms with Gasteiger partial charge in [-0.3, -0.25) is 4.68 Å². The highest BCUT2D eigenvalue weighted by atomic mass is 16.5. The standard InChI is InChI=1S/C17H15N3O/c1-2-20-17-6-4-3-5-15(17)16(19-20)12-21-14-9-7-13(11-18)8-10-14/h3-10H,2,12H2,1H3. The third-order valence-corrected chi connectivity index (χ3v) is 3.39. The average molecular weight is 277 g/mol. The fourth-order valence-corrected chi connectivity index (χ4v) is 2.32. The highest BCUT2D eigenvalue weighted by molar-refractivity contribution is 5.81. The Kier molecular flexibility index (Phi) is 3.57. The van der Waals surface area contributed by atoms with Crippen LogP contribution in [0.5, 0.6) is 5.75 Å². The van der Waals surface area contributed by atoms with Gasteiger partial charge in [-0.1, -0.05) is 18.2 Å². The molecule has 0 aliphatic heterocycles. The Morgan fingerprint density at radius 3 is 2.62 bits per heavy atom. The molecule has 104 valence electrons. The van der Waals surface area contributed by atoms with Crippen LogP contribution in [0, 0.1) is 11.3 Å². The van der Waals surface area contributed by atoms with Gasteiger partial charge >= 0.3 is 0 Å². The van der Waals surface area contributed by atoms with E-state index in [1.165, 1.54) is 0 Å². The number of rotatable bonds is 4. The number of aryl methyl sites for hydroxylation is 1. The molecule has 3 rings (SSSR count). The molecule has 0 atom stereocenters. The lowest BCUT2D eigenvalue weighted by Gasteiger charge is -2.04. The van der Waals surface area contributed by atoms with Crippen molar-refractivity contribution < 1.29 is 4.74 Å². The second kappa shape index (κ2) is 5.68. The Morgan fingerprint density at radius 2 is 1.90 bits per heavy atom. The third kappa shape index (κ3) is 2.59. The van der Waals surface area contributed by atoms with E-state index in [0.717, 1.165) is 28.9 Å². The van der Waals surface area contributed by atoms with Gasteiger partial charge < -0.3 is 4.74 Å². The summed E-state index contributed by atoms with van der Waals surface area (Å²) >= 11 is 0. The fourth-order valence-electron chi connectivity index (χ4n) is 2.32. The molecule has 1 heterocycles. The zero-order valence-corrected chi connectivity index (χ0v) is 11.8. The van der Waals surface area contributed by atoms with Crippen LogP contribution in [0.3, 0.4) is 0 Å². The number of nitriles is 1. The first-order valence-corrected chi connectivity index (χ1v) is 6.89. The van der Waals surface area contributed by atoms with Gasteiger partial charge in [0.25, 0.3) is 0 Å². The van der Waals surface area contributed by atoms with Crippen LogP contribution in [0.15, 0.2) is 48.5 Å². The van der Waals surface area contributed by atoms with E-state index in [-0.39, 0.29) is 0 Å². The Labute approximate surface area is 123 Å². The van der Waals surface area contributed by atoms with Gasteiger partial charge in [-0.2, -0.15) is 10.4 Å². The summed E-state index contributed by atoms with van der Waals surface area (Å²) < 4.78 is 7.75. The SMILES string of the molecule is CCn1nc(COc2ccc(C#N)cc2)c2ccccc21. The molecule has 0 radical (unpaired) electrons. The Hall–Kier alpha value is -2.80. The monoisotopic (exact) mass is 277 g/mol. The second-order valence-corrected chi connectivity index (χ2v) is 4.70. The quantitative estimate of drug-likeness (QED) is 0.733. The molecular formula is C17H15N3O. The molecule has 0 N–H and O–H groups in total. The first kappa shape index (κ1) is 13.2. The molecule has 0 aliphatic rings. The van der Waals surface area contributed by atoms with Gasteiger partial charge in [-0.05, 0) is 37.3 Å². The molecule has 21 heavy (non-hydrogen) atoms. The number of para-hydroxylation sites is 1. The van der Waals surface area contributed by atoms with E-state index in [4.69, 9.17) is 10.00 Å². The molecule has 1 aromatic heterocycles. The molecule has 0 amide bonds. The lowest BCUT2D eigenvalue weighted by atomic mass is 10.2. The average Bonchev–Trinajstić information content (AvgIpc) is 2.91. The zero-order chi connectivity index (χ0) is 14.7. The van der Waals surface area contributed by atoms with E-state index < -0.39 is 0 Å². The maximum absolute atomic E-state index is 8.78. The smallest absolute Gasteiger partial charge is 0.133 e. The van der Waals surface area contributed by atoms with Gasteiger partial charge in [-0.25, -0.2) is 0 Å². The fraction of sp³-hybridized carbons (Fsp3) is 0.176. The molecule has 0 spiro atoms. The third-order valence-electron chi connectivity index (χ3n) is 3.39. The number of fused-ring (bicyclic) bond motifs is 1. The molecule has 0 saturated carbocycles. The highest BCUT2D eigenvalue weighted by Crippen LogP contribution is 2.20. The molecule has 0 aliphatic carbocycles. The number of ether oxygens (including phenoxy) is 1. The molecule has 0 fully saturated rings. The van der Waals surface area contributed by atoms with Crippen molar-refractivity contribution >= 4 is 10.9 Å². The summed E-state index contributed by atoms with van der Waals surface area (Å²) in [5.41, 5.74) is 2.68. The number of nitrogens with zero attached hydrogens (tertiary/aromatic N) is 3. The van der Waals surface area contributed by atoms with Crippen molar-refractivity contribution in [1.29, 1.82) is 5.26 Å². The first-order chi connectivity index (χ1) is 10.3. The minimum Gasteiger partial charge on any atom is -0.487 e. The highest BCUT2D eigenvalue weighted by Gasteiger charge is 2.09. The lowest BCUT2D eigenvalue weighted by Crippen LogP contribution is -2.00. The van der Waals surface area contributed by atoms with Crippen molar-refractivity contribution in [2.75, 3.05) is 0 Å². The van der Waals surface area contributed by atoms with Crippen LogP contribution >= 0.6 is 0 Å². The second-order valence-electron chi connectivity index (χ2n) is 4.70. The van der Waals surface area contributed by atoms with Crippen molar-refractivity contribution in [2.24, 2.45) is 0 Å². The van der Waals surface area contributed by atoms with Crippen LogP contribution < -0.4 is 4.74 Å². The molecule has 4 heteroatoms. The maximum atomic E-state index is 8.78. The van der Waals surface area contributed by atoms with E-state index in [0.29, 0.717) is 12.2 Å². The number of benzene rings is 2. The Bertz CT molecular complexity index is 797. The number of hydrogen-bond donors (Lipinski definition) is 0. The van der Waals surface area contributed by atoms with Crippen molar-refractivity contribution in [2.45, 2.75) is 20.1 Å². The number of hydrogen-bond acceptors (Lipinski definition) is 3. The molecule has 3 aromatic rings. The summed E-state index contributed by atoms with van der Waals surface area (Å²) in [6.07, 6.45) is 0. The summed E-state index contributed by atoms with van der Waals surface area (Å²) in [5.74, 6) is 0.740. The first-order valence-electron chi connectivity index (χ1n) is 6.89. The maximum Gasteiger partial charge on any atom is 0.133 e. The molecule has 0 bridgehead atoms. The van der Waals surface area contributed by atoms with E-state index in [1.807, 2.05) is 16.8 Å². The van der Waals surface area contributed by atoms with Crippen LogP contribution in [0.4, 0.5) is 0 Å². The van der Waals surface area contributed by atoms with Crippen LogP contribution in [-0.4, -0.2) is 9.78 Å². The van der Waals surface area contributed by atoms with Gasteiger partial charge in [0.15, 0.2) is 0 Å². The summed E-state index contributed by atoms with van der Waals surface area (Å²) in [6.45, 7) is 3.32. The van der Waals surface area contributed by atoms with Crippen molar-refractivity contribution in [3.63, 3.8) is 0 Å². The predicted molar refractivity (Wildman–Crippen MR) is 80.9 cm³/mol. The molecule has 4 nitrogen and oxygen atoms in total. The largest absolute Gasteiger partial charge is 0.487 e. The van der Waals surface area contributed by atoms with Crippen LogP contribution in [0.1, 0.15) is 18.2 Å². The minimum absolute atomic E-state index is 0.416. The summed E-state index contributed by atoms with van der Waals surface area (Å²) in [6, 6.07) is 17.3. The van der Waals surface area contributed by atoms with Gasteiger partial charge in [0.1, 0.15) is 18.1 Å². The lowest BCUT2D eigenvalue weighted by molar-refractivity contribution is 0.301. The molecule has 2 aromatic carbocycles. The van der Waals surface area contributed by atoms with Gasteiger partial charge in [0.2, 0.25) is 0 Å². The van der Waals surface area contributed by atoms with E-state index >= 15 is 0 Å². The minimum atomic E-state index is 0.416. The van der Waals surface area contributed by atoms with Crippen LogP contribution in [0.25, 0.3) is 10.9 Å². The Morgan fingerprint density at radius 1 is 1.14 bits per heavy atom. The van der Waals surface area contributed by atoms with Gasteiger partial charge in [0.05, 0.1) is 17.1 Å². The van der Waals surface area contributed by atoms with E-state index in [9.17, 15) is 0 Å². The zero-order valence-electron chi connectivity index (χ0n) is 11.8. The summed E-state index contributed by atoms with van der Waals surface area (Å²) in [7, 11) is 0. The van der Waals surface area contributed by atoms with Crippen molar-refractivity contribution in [3.05, 3.63) is 59.8 Å². The predicted octanol–water partition coefficient (Wildman–Crippen LogP) is 3.51. The Balaban J connectivity index is 1.83. The van der Waals surface area contributed by atoms with E-state index in [1.54, 1.807) is 24.3 Å². The van der Waals surface area contributed by atoms with Gasteiger partial charge in [0, 0.05) is 11.9 Å². The van der Waals surface area contributed by atoms with Crippen molar-refractivity contribution in [3.8, 4) is 11.8 Å². The number of aromatic nitrogens is 2. The molecular weight excluding hydrogens is 262 g/mol. The topological polar surface area (TPSA) is 50.8 Å². The molecule has 0 unspecified atom stereocenters.